The van der Waals surface area contributed by atoms with Crippen molar-refractivity contribution in [3.63, 3.8) is 0 Å². The van der Waals surface area contributed by atoms with Crippen molar-refractivity contribution in [2.45, 2.75) is 6.42 Å². The molecule has 2 nitrogen and oxygen atoms in total. The molecule has 2 aromatic rings. The van der Waals surface area contributed by atoms with Gasteiger partial charge in [0, 0.05) is 33.0 Å². The van der Waals surface area contributed by atoms with Gasteiger partial charge in [-0.05, 0) is 36.1 Å². The van der Waals surface area contributed by atoms with E-state index in [9.17, 15) is 4.79 Å². The van der Waals surface area contributed by atoms with E-state index in [1.165, 1.54) is 4.88 Å². The maximum atomic E-state index is 12.3. The van der Waals surface area contributed by atoms with Crippen LogP contribution in [0.3, 0.4) is 0 Å². The number of amides is 1. The molecular formula is C14H13Br2NOS. The van der Waals surface area contributed by atoms with Gasteiger partial charge in [0.1, 0.15) is 0 Å². The number of nitrogens with zero attached hydrogens (tertiary/aromatic N) is 1. The smallest absolute Gasteiger partial charge is 0.253 e. The molecule has 1 aromatic carbocycles. The molecule has 1 amide bonds. The van der Waals surface area contributed by atoms with Crippen LogP contribution >= 0.6 is 43.2 Å². The molecule has 0 bridgehead atoms. The van der Waals surface area contributed by atoms with Crippen LogP contribution in [-0.4, -0.2) is 24.4 Å². The van der Waals surface area contributed by atoms with Gasteiger partial charge < -0.3 is 4.90 Å². The van der Waals surface area contributed by atoms with Gasteiger partial charge in [0.2, 0.25) is 0 Å². The summed E-state index contributed by atoms with van der Waals surface area (Å²) in [6, 6.07) is 9.73. The predicted octanol–water partition coefficient (Wildman–Crippen LogP) is 4.59. The molecule has 19 heavy (non-hydrogen) atoms. The van der Waals surface area contributed by atoms with Crippen molar-refractivity contribution in [1.29, 1.82) is 0 Å². The first-order valence-corrected chi connectivity index (χ1v) is 8.27. The van der Waals surface area contributed by atoms with Crippen LogP contribution in [0.5, 0.6) is 0 Å². The first-order chi connectivity index (χ1) is 9.06. The van der Waals surface area contributed by atoms with Crippen molar-refractivity contribution in [2.24, 2.45) is 0 Å². The van der Waals surface area contributed by atoms with Crippen LogP contribution in [0.4, 0.5) is 0 Å². The fourth-order valence-corrected chi connectivity index (χ4v) is 3.72. The molecule has 0 saturated carbocycles. The molecule has 2 rings (SSSR count). The molecule has 1 heterocycles. The molecule has 0 unspecified atom stereocenters. The van der Waals surface area contributed by atoms with Crippen molar-refractivity contribution in [2.75, 3.05) is 13.6 Å². The van der Waals surface area contributed by atoms with E-state index in [4.69, 9.17) is 0 Å². The Labute approximate surface area is 133 Å². The summed E-state index contributed by atoms with van der Waals surface area (Å²) in [5.74, 6) is 0.0403. The molecule has 1 aromatic heterocycles. The van der Waals surface area contributed by atoms with Crippen LogP contribution < -0.4 is 0 Å². The Bertz CT molecular complexity index is 549. The van der Waals surface area contributed by atoms with Gasteiger partial charge in [-0.3, -0.25) is 4.79 Å². The van der Waals surface area contributed by atoms with Gasteiger partial charge in [-0.1, -0.05) is 37.9 Å². The highest BCUT2D eigenvalue weighted by Crippen LogP contribution is 2.21. The summed E-state index contributed by atoms with van der Waals surface area (Å²) in [5, 5.41) is 2.06. The maximum absolute atomic E-state index is 12.3. The zero-order valence-corrected chi connectivity index (χ0v) is 14.4. The van der Waals surface area contributed by atoms with E-state index in [0.717, 1.165) is 21.9 Å². The van der Waals surface area contributed by atoms with Crippen LogP contribution in [0.2, 0.25) is 0 Å². The van der Waals surface area contributed by atoms with Crippen LogP contribution in [0, 0.1) is 0 Å². The Morgan fingerprint density at radius 2 is 1.95 bits per heavy atom. The number of rotatable bonds is 4. The van der Waals surface area contributed by atoms with Crippen molar-refractivity contribution >= 4 is 49.1 Å². The van der Waals surface area contributed by atoms with Gasteiger partial charge >= 0.3 is 0 Å². The largest absolute Gasteiger partial charge is 0.341 e. The molecule has 0 aliphatic carbocycles. The minimum Gasteiger partial charge on any atom is -0.341 e. The average Bonchev–Trinajstić information content (AvgIpc) is 2.87. The summed E-state index contributed by atoms with van der Waals surface area (Å²) in [6.45, 7) is 0.726. The fraction of sp³-hybridized carbons (Fsp3) is 0.214. The van der Waals surface area contributed by atoms with E-state index < -0.39 is 0 Å². The normalized spacial score (nSPS) is 10.5. The van der Waals surface area contributed by atoms with E-state index in [1.807, 2.05) is 31.3 Å². The molecule has 5 heteroatoms. The molecule has 0 atom stereocenters. The number of hydrogen-bond acceptors (Lipinski definition) is 2. The van der Waals surface area contributed by atoms with E-state index in [2.05, 4.69) is 43.3 Å². The second-order valence-corrected chi connectivity index (χ2v) is 7.08. The first kappa shape index (κ1) is 14.8. The third-order valence-corrected chi connectivity index (χ3v) is 4.58. The van der Waals surface area contributed by atoms with Gasteiger partial charge in [-0.15, -0.1) is 11.3 Å². The topological polar surface area (TPSA) is 20.3 Å². The summed E-state index contributed by atoms with van der Waals surface area (Å²) in [5.41, 5.74) is 0.690. The number of carbonyl (C=O) groups excluding carboxylic acids is 1. The van der Waals surface area contributed by atoms with Crippen LogP contribution in [0.15, 0.2) is 44.7 Å². The van der Waals surface area contributed by atoms with Gasteiger partial charge in [-0.25, -0.2) is 0 Å². The molecule has 100 valence electrons. The number of likely N-dealkylation sites (N-methyl/N-ethyl adjacent to an activating group) is 1. The molecule has 0 N–H and O–H groups in total. The molecule has 0 aliphatic rings. The van der Waals surface area contributed by atoms with E-state index in [0.29, 0.717) is 5.56 Å². The quantitative estimate of drug-likeness (QED) is 0.732. The minimum absolute atomic E-state index is 0.0403. The lowest BCUT2D eigenvalue weighted by Crippen LogP contribution is -2.28. The summed E-state index contributed by atoms with van der Waals surface area (Å²) in [7, 11) is 1.84. The van der Waals surface area contributed by atoms with Gasteiger partial charge in [0.15, 0.2) is 0 Å². The predicted molar refractivity (Wildman–Crippen MR) is 86.8 cm³/mol. The fourth-order valence-electron chi connectivity index (χ4n) is 1.73. The minimum atomic E-state index is 0.0403. The maximum Gasteiger partial charge on any atom is 0.253 e. The Morgan fingerprint density at radius 3 is 2.53 bits per heavy atom. The summed E-state index contributed by atoms with van der Waals surface area (Å²) < 4.78 is 1.80. The summed E-state index contributed by atoms with van der Waals surface area (Å²) >= 11 is 8.53. The number of carbonyl (C=O) groups is 1. The molecule has 0 fully saturated rings. The summed E-state index contributed by atoms with van der Waals surface area (Å²) in [6.07, 6.45) is 0.898. The lowest BCUT2D eigenvalue weighted by Gasteiger charge is -2.17. The number of benzene rings is 1. The van der Waals surface area contributed by atoms with Crippen LogP contribution in [0.1, 0.15) is 15.2 Å². The third-order valence-electron chi connectivity index (χ3n) is 2.73. The Balaban J connectivity index is 2.02. The number of hydrogen-bond donors (Lipinski definition) is 0. The number of thiophene rings is 1. The van der Waals surface area contributed by atoms with E-state index in [-0.39, 0.29) is 5.91 Å². The summed E-state index contributed by atoms with van der Waals surface area (Å²) in [4.78, 5) is 15.4. The Kier molecular flexibility index (Phi) is 5.19. The van der Waals surface area contributed by atoms with Crippen LogP contribution in [-0.2, 0) is 6.42 Å². The van der Waals surface area contributed by atoms with Gasteiger partial charge in [-0.2, -0.15) is 0 Å². The first-order valence-electron chi connectivity index (χ1n) is 5.80. The van der Waals surface area contributed by atoms with Crippen molar-refractivity contribution in [3.8, 4) is 0 Å². The number of halogens is 2. The molecular weight excluding hydrogens is 390 g/mol. The molecule has 0 saturated heterocycles. The standard InChI is InChI=1S/C14H13Br2NOS/c1-17(5-4-13-3-2-6-19-13)14(18)10-7-11(15)9-12(16)8-10/h2-3,6-9H,4-5H2,1H3. The van der Waals surface area contributed by atoms with Crippen LogP contribution in [0.25, 0.3) is 0 Å². The second-order valence-electron chi connectivity index (χ2n) is 4.21. The second kappa shape index (κ2) is 6.68. The zero-order valence-electron chi connectivity index (χ0n) is 10.4. The lowest BCUT2D eigenvalue weighted by atomic mass is 10.2. The highest BCUT2D eigenvalue weighted by Gasteiger charge is 2.13. The van der Waals surface area contributed by atoms with E-state index in [1.54, 1.807) is 16.2 Å². The zero-order chi connectivity index (χ0) is 13.8. The van der Waals surface area contributed by atoms with Crippen molar-refractivity contribution in [1.82, 2.24) is 4.90 Å². The lowest BCUT2D eigenvalue weighted by molar-refractivity contribution is 0.0796. The Morgan fingerprint density at radius 1 is 1.26 bits per heavy atom. The molecule has 0 radical (unpaired) electrons. The van der Waals surface area contributed by atoms with Gasteiger partial charge in [0.25, 0.3) is 5.91 Å². The monoisotopic (exact) mass is 401 g/mol. The van der Waals surface area contributed by atoms with Crippen molar-refractivity contribution in [3.05, 3.63) is 55.1 Å². The third kappa shape index (κ3) is 4.16. The van der Waals surface area contributed by atoms with E-state index >= 15 is 0 Å². The van der Waals surface area contributed by atoms with Gasteiger partial charge in [0.05, 0.1) is 0 Å². The van der Waals surface area contributed by atoms with Crippen molar-refractivity contribution < 1.29 is 4.79 Å². The SMILES string of the molecule is CN(CCc1cccs1)C(=O)c1cc(Br)cc(Br)c1. The average molecular weight is 403 g/mol. The highest BCUT2D eigenvalue weighted by molar-refractivity contribution is 9.11. The molecule has 0 aliphatic heterocycles. The Hall–Kier alpha value is -0.650. The highest BCUT2D eigenvalue weighted by atomic mass is 79.9. The molecule has 0 spiro atoms.